The van der Waals surface area contributed by atoms with Crippen LogP contribution < -0.4 is 15.4 Å². The van der Waals surface area contributed by atoms with Crippen LogP contribution in [-0.2, 0) is 6.42 Å². The Kier molecular flexibility index (Phi) is 8.60. The normalized spacial score (nSPS) is 20.0. The van der Waals surface area contributed by atoms with Crippen molar-refractivity contribution in [2.75, 3.05) is 20.2 Å². The van der Waals surface area contributed by atoms with E-state index in [4.69, 9.17) is 4.74 Å². The molecule has 0 heterocycles. The summed E-state index contributed by atoms with van der Waals surface area (Å²) in [6, 6.07) is 8.87. The van der Waals surface area contributed by atoms with Gasteiger partial charge in [-0.25, -0.2) is 0 Å². The number of nitrogens with zero attached hydrogens (tertiary/aromatic N) is 1. The summed E-state index contributed by atoms with van der Waals surface area (Å²) < 4.78 is 5.24. The van der Waals surface area contributed by atoms with Crippen LogP contribution in [0.2, 0.25) is 0 Å². The summed E-state index contributed by atoms with van der Waals surface area (Å²) in [5, 5.41) is 6.79. The Balaban J connectivity index is 0.00000242. The number of hydrogen-bond acceptors (Lipinski definition) is 2. The molecular weight excluding hydrogens is 389 g/mol. The van der Waals surface area contributed by atoms with Gasteiger partial charge in [-0.1, -0.05) is 19.1 Å². The molecule has 1 aliphatic rings. The maximum Gasteiger partial charge on any atom is 0.191 e. The van der Waals surface area contributed by atoms with Gasteiger partial charge in [-0.2, -0.15) is 0 Å². The van der Waals surface area contributed by atoms with Gasteiger partial charge in [0, 0.05) is 19.1 Å². The van der Waals surface area contributed by atoms with Crippen LogP contribution in [0.4, 0.5) is 0 Å². The van der Waals surface area contributed by atoms with Crippen LogP contribution in [0.15, 0.2) is 29.3 Å². The zero-order valence-electron chi connectivity index (χ0n) is 13.8. The molecule has 0 saturated heterocycles. The van der Waals surface area contributed by atoms with Crippen LogP contribution in [0.3, 0.4) is 0 Å². The van der Waals surface area contributed by atoms with E-state index >= 15 is 0 Å². The highest BCUT2D eigenvalue weighted by Gasteiger charge is 2.33. The Morgan fingerprint density at radius 3 is 2.82 bits per heavy atom. The first kappa shape index (κ1) is 19.1. The number of aryl methyl sites for hydroxylation is 1. The highest BCUT2D eigenvalue weighted by Crippen LogP contribution is 2.28. The average molecular weight is 417 g/mol. The molecule has 1 saturated carbocycles. The van der Waals surface area contributed by atoms with Crippen LogP contribution in [0.5, 0.6) is 5.75 Å². The van der Waals surface area contributed by atoms with Crippen LogP contribution >= 0.6 is 24.0 Å². The molecule has 0 spiro atoms. The van der Waals surface area contributed by atoms with Gasteiger partial charge in [0.25, 0.3) is 0 Å². The van der Waals surface area contributed by atoms with Gasteiger partial charge in [-0.3, -0.25) is 4.99 Å². The lowest BCUT2D eigenvalue weighted by Gasteiger charge is -2.10. The lowest BCUT2D eigenvalue weighted by atomic mass is 10.1. The third-order valence-corrected chi connectivity index (χ3v) is 3.80. The molecule has 0 aromatic heterocycles. The van der Waals surface area contributed by atoms with Crippen LogP contribution in [0, 0.1) is 5.92 Å². The molecule has 2 N–H and O–H groups in total. The standard InChI is InChI=1S/C17H27N3O.HI/c1-4-18-17(20-16-11-13(16)2)19-10-6-8-14-7-5-9-15(12-14)21-3;/h5,7,9,12-13,16H,4,6,8,10-11H2,1-3H3,(H2,18,19,20);1H. The first-order valence-electron chi connectivity index (χ1n) is 7.90. The third kappa shape index (κ3) is 6.42. The van der Waals surface area contributed by atoms with E-state index in [1.54, 1.807) is 7.11 Å². The summed E-state index contributed by atoms with van der Waals surface area (Å²) in [6.07, 6.45) is 3.33. The summed E-state index contributed by atoms with van der Waals surface area (Å²) in [5.74, 6) is 2.66. The molecule has 0 aliphatic heterocycles. The predicted octanol–water partition coefficient (Wildman–Crippen LogP) is 3.21. The number of rotatable bonds is 7. The average Bonchev–Trinajstić information content (AvgIpc) is 3.19. The molecule has 0 radical (unpaired) electrons. The molecule has 5 heteroatoms. The predicted molar refractivity (Wildman–Crippen MR) is 103 cm³/mol. The molecule has 1 aromatic rings. The highest BCUT2D eigenvalue weighted by atomic mass is 127. The number of hydrogen-bond donors (Lipinski definition) is 2. The molecule has 1 aliphatic carbocycles. The maximum atomic E-state index is 5.24. The summed E-state index contributed by atoms with van der Waals surface area (Å²) in [7, 11) is 1.71. The Morgan fingerprint density at radius 2 is 2.18 bits per heavy atom. The summed E-state index contributed by atoms with van der Waals surface area (Å²) in [5.41, 5.74) is 1.30. The molecule has 4 nitrogen and oxygen atoms in total. The van der Waals surface area contributed by atoms with Gasteiger partial charge in [0.05, 0.1) is 7.11 Å². The summed E-state index contributed by atoms with van der Waals surface area (Å²) in [4.78, 5) is 4.65. The van der Waals surface area contributed by atoms with Crippen molar-refractivity contribution >= 4 is 29.9 Å². The number of benzene rings is 1. The summed E-state index contributed by atoms with van der Waals surface area (Å²) in [6.45, 7) is 6.12. The molecule has 0 bridgehead atoms. The molecule has 2 unspecified atom stereocenters. The van der Waals surface area contributed by atoms with Crippen molar-refractivity contribution < 1.29 is 4.74 Å². The molecule has 22 heavy (non-hydrogen) atoms. The van der Waals surface area contributed by atoms with E-state index in [2.05, 4.69) is 41.6 Å². The number of halogens is 1. The lowest BCUT2D eigenvalue weighted by Crippen LogP contribution is -2.39. The number of guanidine groups is 1. The molecule has 0 amide bonds. The minimum atomic E-state index is 0. The van der Waals surface area contributed by atoms with Gasteiger partial charge in [0.2, 0.25) is 0 Å². The fourth-order valence-electron chi connectivity index (χ4n) is 2.32. The Morgan fingerprint density at radius 1 is 1.41 bits per heavy atom. The van der Waals surface area contributed by atoms with E-state index in [0.29, 0.717) is 6.04 Å². The fourth-order valence-corrected chi connectivity index (χ4v) is 2.32. The Labute approximate surface area is 151 Å². The smallest absolute Gasteiger partial charge is 0.191 e. The van der Waals surface area contributed by atoms with Gasteiger partial charge in [0.15, 0.2) is 5.96 Å². The van der Waals surface area contributed by atoms with E-state index in [9.17, 15) is 0 Å². The molecular formula is C17H28IN3O. The molecule has 1 aromatic carbocycles. The Hall–Kier alpha value is -0.980. The minimum Gasteiger partial charge on any atom is -0.497 e. The van der Waals surface area contributed by atoms with Crippen molar-refractivity contribution in [2.45, 2.75) is 39.2 Å². The highest BCUT2D eigenvalue weighted by molar-refractivity contribution is 14.0. The van der Waals surface area contributed by atoms with Gasteiger partial charge >= 0.3 is 0 Å². The SMILES string of the molecule is CCNC(=NCCCc1cccc(OC)c1)NC1CC1C.I. The third-order valence-electron chi connectivity index (χ3n) is 3.80. The van der Waals surface area contributed by atoms with Crippen molar-refractivity contribution in [1.82, 2.24) is 10.6 Å². The number of nitrogens with one attached hydrogen (secondary N) is 2. The number of ether oxygens (including phenoxy) is 1. The molecule has 2 rings (SSSR count). The number of aliphatic imine (C=N–C) groups is 1. The van der Waals surface area contributed by atoms with Gasteiger partial charge < -0.3 is 15.4 Å². The van der Waals surface area contributed by atoms with Crippen LogP contribution in [0.1, 0.15) is 32.3 Å². The van der Waals surface area contributed by atoms with Crippen LogP contribution in [-0.4, -0.2) is 32.2 Å². The largest absolute Gasteiger partial charge is 0.497 e. The molecule has 2 atom stereocenters. The van der Waals surface area contributed by atoms with Crippen molar-refractivity contribution in [3.63, 3.8) is 0 Å². The van der Waals surface area contributed by atoms with Gasteiger partial charge in [-0.05, 0) is 49.8 Å². The zero-order valence-corrected chi connectivity index (χ0v) is 16.1. The first-order chi connectivity index (χ1) is 10.2. The summed E-state index contributed by atoms with van der Waals surface area (Å²) >= 11 is 0. The van der Waals surface area contributed by atoms with Crippen molar-refractivity contribution in [1.29, 1.82) is 0 Å². The van der Waals surface area contributed by atoms with E-state index < -0.39 is 0 Å². The second kappa shape index (κ2) is 9.92. The van der Waals surface area contributed by atoms with Gasteiger partial charge in [-0.15, -0.1) is 24.0 Å². The monoisotopic (exact) mass is 417 g/mol. The van der Waals surface area contributed by atoms with Crippen molar-refractivity contribution in [3.05, 3.63) is 29.8 Å². The van der Waals surface area contributed by atoms with Crippen molar-refractivity contribution in [2.24, 2.45) is 10.9 Å². The van der Waals surface area contributed by atoms with Crippen LogP contribution in [0.25, 0.3) is 0 Å². The lowest BCUT2D eigenvalue weighted by molar-refractivity contribution is 0.414. The van der Waals surface area contributed by atoms with E-state index in [0.717, 1.165) is 43.6 Å². The van der Waals surface area contributed by atoms with Crippen molar-refractivity contribution in [3.8, 4) is 5.75 Å². The topological polar surface area (TPSA) is 45.7 Å². The molecule has 1 fully saturated rings. The quantitative estimate of drug-likeness (QED) is 0.310. The second-order valence-electron chi connectivity index (χ2n) is 5.68. The first-order valence-corrected chi connectivity index (χ1v) is 7.90. The minimum absolute atomic E-state index is 0. The number of methoxy groups -OCH3 is 1. The van der Waals surface area contributed by atoms with Gasteiger partial charge in [0.1, 0.15) is 5.75 Å². The second-order valence-corrected chi connectivity index (χ2v) is 5.68. The van der Waals surface area contributed by atoms with E-state index in [-0.39, 0.29) is 24.0 Å². The van der Waals surface area contributed by atoms with E-state index in [1.165, 1.54) is 12.0 Å². The fraction of sp³-hybridized carbons (Fsp3) is 0.588. The van der Waals surface area contributed by atoms with E-state index in [1.807, 2.05) is 12.1 Å². The molecule has 124 valence electrons. The maximum absolute atomic E-state index is 5.24. The zero-order chi connectivity index (χ0) is 15.1. The Bertz CT molecular complexity index is 479.